The maximum atomic E-state index is 6.47. The van der Waals surface area contributed by atoms with Gasteiger partial charge in [-0.3, -0.25) is 0 Å². The fourth-order valence-electron chi connectivity index (χ4n) is 10.1. The van der Waals surface area contributed by atoms with Crippen molar-refractivity contribution in [1.82, 2.24) is 19.1 Å². The zero-order chi connectivity index (χ0) is 41.9. The third-order valence-corrected chi connectivity index (χ3v) is 13.0. The average Bonchev–Trinajstić information content (AvgIpc) is 4.15. The van der Waals surface area contributed by atoms with E-state index in [0.717, 1.165) is 44.7 Å². The molecule has 0 bridgehead atoms. The van der Waals surface area contributed by atoms with Crippen LogP contribution in [0, 0.1) is 0 Å². The van der Waals surface area contributed by atoms with Gasteiger partial charge in [0, 0.05) is 55.2 Å². The molecular formula is C58H34N4O2. The van der Waals surface area contributed by atoms with Crippen LogP contribution in [0.1, 0.15) is 0 Å². The summed E-state index contributed by atoms with van der Waals surface area (Å²) < 4.78 is 17.6. The van der Waals surface area contributed by atoms with Crippen LogP contribution in [0.3, 0.4) is 0 Å². The highest BCUT2D eigenvalue weighted by molar-refractivity contribution is 6.22. The largest absolute Gasteiger partial charge is 0.436 e. The van der Waals surface area contributed by atoms with Crippen LogP contribution in [0.4, 0.5) is 0 Å². The van der Waals surface area contributed by atoms with Gasteiger partial charge in [-0.1, -0.05) is 121 Å². The van der Waals surface area contributed by atoms with Crippen molar-refractivity contribution >= 4 is 87.4 Å². The number of hydrogen-bond acceptors (Lipinski definition) is 4. The van der Waals surface area contributed by atoms with Gasteiger partial charge in [0.15, 0.2) is 11.2 Å². The summed E-state index contributed by atoms with van der Waals surface area (Å²) in [4.78, 5) is 10.2. The van der Waals surface area contributed by atoms with Crippen LogP contribution >= 0.6 is 0 Å². The minimum atomic E-state index is 0.562. The van der Waals surface area contributed by atoms with E-state index in [-0.39, 0.29) is 0 Å². The molecule has 0 amide bonds. The quantitative estimate of drug-likeness (QED) is 0.174. The molecule has 0 aliphatic heterocycles. The van der Waals surface area contributed by atoms with Crippen LogP contribution in [0.2, 0.25) is 0 Å². The summed E-state index contributed by atoms with van der Waals surface area (Å²) in [5, 5.41) is 9.99. The first-order chi connectivity index (χ1) is 31.7. The highest BCUT2D eigenvalue weighted by Gasteiger charge is 2.20. The van der Waals surface area contributed by atoms with Crippen molar-refractivity contribution in [3.8, 4) is 45.4 Å². The molecule has 0 N–H and O–H groups in total. The van der Waals surface area contributed by atoms with E-state index in [1.165, 1.54) is 65.2 Å². The lowest BCUT2D eigenvalue weighted by Crippen LogP contribution is -1.93. The lowest BCUT2D eigenvalue weighted by atomic mass is 10.0. The second-order valence-corrected chi connectivity index (χ2v) is 16.5. The molecule has 0 saturated heterocycles. The fourth-order valence-corrected chi connectivity index (χ4v) is 10.1. The van der Waals surface area contributed by atoms with Gasteiger partial charge in [0.05, 0.1) is 22.1 Å². The topological polar surface area (TPSA) is 61.9 Å². The highest BCUT2D eigenvalue weighted by Crippen LogP contribution is 2.41. The Hall–Kier alpha value is -8.74. The molecule has 6 nitrogen and oxygen atoms in total. The Balaban J connectivity index is 0.817. The van der Waals surface area contributed by atoms with Crippen molar-refractivity contribution in [1.29, 1.82) is 0 Å². The molecule has 298 valence electrons. The van der Waals surface area contributed by atoms with Crippen LogP contribution in [0.15, 0.2) is 215 Å². The van der Waals surface area contributed by atoms with Gasteiger partial charge in [-0.2, -0.15) is 0 Å². The van der Waals surface area contributed by atoms with Gasteiger partial charge in [-0.25, -0.2) is 9.97 Å². The zero-order valence-corrected chi connectivity index (χ0v) is 34.2. The molecule has 4 aromatic heterocycles. The van der Waals surface area contributed by atoms with Crippen LogP contribution in [-0.2, 0) is 0 Å². The smallest absolute Gasteiger partial charge is 0.227 e. The molecule has 10 aromatic carbocycles. The molecular weight excluding hydrogens is 785 g/mol. The average molecular weight is 819 g/mol. The lowest BCUT2D eigenvalue weighted by molar-refractivity contribution is 0.619. The Bertz CT molecular complexity index is 3910. The minimum Gasteiger partial charge on any atom is -0.436 e. The first-order valence-electron chi connectivity index (χ1n) is 21.6. The molecule has 0 atom stereocenters. The normalized spacial score (nSPS) is 12.1. The Morgan fingerprint density at radius 1 is 0.312 bits per heavy atom. The van der Waals surface area contributed by atoms with Crippen LogP contribution in [-0.4, -0.2) is 19.1 Å². The predicted molar refractivity (Wildman–Crippen MR) is 262 cm³/mol. The minimum absolute atomic E-state index is 0.562. The third kappa shape index (κ3) is 5.08. The summed E-state index contributed by atoms with van der Waals surface area (Å²) in [5.41, 5.74) is 13.5. The van der Waals surface area contributed by atoms with Crippen molar-refractivity contribution in [2.75, 3.05) is 0 Å². The Kier molecular flexibility index (Phi) is 7.30. The van der Waals surface area contributed by atoms with Gasteiger partial charge in [-0.15, -0.1) is 0 Å². The van der Waals surface area contributed by atoms with Crippen molar-refractivity contribution in [2.24, 2.45) is 0 Å². The lowest BCUT2D eigenvalue weighted by Gasteiger charge is -2.09. The fraction of sp³-hybridized carbons (Fsp3) is 0. The van der Waals surface area contributed by atoms with E-state index >= 15 is 0 Å². The standard InChI is InChI=1S/C58H34N4O2/c1-3-13-41-35(11-1)27-33-49-53(41)45-15-5-7-19-47(45)61(49)39-29-23-37(24-30-39)57-59-55-43(17-9-21-51(55)63-57)44-18-10-22-52-56(44)60-58(64-52)38-25-31-40(32-26-38)62-48-20-8-6-16-46(48)54-42-14-4-2-12-36(42)28-34-50(54)62/h1-34H. The van der Waals surface area contributed by atoms with Gasteiger partial charge in [0.25, 0.3) is 0 Å². The van der Waals surface area contributed by atoms with Crippen molar-refractivity contribution in [3.63, 3.8) is 0 Å². The second kappa shape index (κ2) is 13.4. The van der Waals surface area contributed by atoms with E-state index in [1.807, 2.05) is 24.3 Å². The molecule has 0 radical (unpaired) electrons. The molecule has 0 aliphatic rings. The zero-order valence-electron chi connectivity index (χ0n) is 34.2. The summed E-state index contributed by atoms with van der Waals surface area (Å²) >= 11 is 0. The van der Waals surface area contributed by atoms with Crippen molar-refractivity contribution in [2.45, 2.75) is 0 Å². The molecule has 6 heteroatoms. The summed E-state index contributed by atoms with van der Waals surface area (Å²) in [6.07, 6.45) is 0. The number of rotatable bonds is 5. The number of hydrogen-bond donors (Lipinski definition) is 0. The van der Waals surface area contributed by atoms with Crippen molar-refractivity contribution in [3.05, 3.63) is 206 Å². The first kappa shape index (κ1) is 34.9. The van der Waals surface area contributed by atoms with Gasteiger partial charge in [-0.05, 0) is 106 Å². The summed E-state index contributed by atoms with van der Waals surface area (Å²) in [6, 6.07) is 72.5. The SMILES string of the molecule is c1ccc2c(c1)ccc1c2c2ccccc2n1-c1ccc(-c2nc3c(-c4cccc5oc(-c6ccc(-n7c8ccccc8c8c9ccccc9ccc87)cc6)nc45)cccc3o2)cc1. The van der Waals surface area contributed by atoms with Crippen LogP contribution in [0.5, 0.6) is 0 Å². The molecule has 0 spiro atoms. The number of aromatic nitrogens is 4. The maximum Gasteiger partial charge on any atom is 0.227 e. The Morgan fingerprint density at radius 2 is 0.719 bits per heavy atom. The predicted octanol–water partition coefficient (Wildman–Crippen LogP) is 15.5. The Morgan fingerprint density at radius 3 is 1.17 bits per heavy atom. The number of nitrogens with zero attached hydrogens (tertiary/aromatic N) is 4. The van der Waals surface area contributed by atoms with E-state index in [0.29, 0.717) is 22.9 Å². The maximum absolute atomic E-state index is 6.47. The molecule has 0 unspecified atom stereocenters. The van der Waals surface area contributed by atoms with Gasteiger partial charge in [0.1, 0.15) is 11.0 Å². The van der Waals surface area contributed by atoms with Gasteiger partial charge in [0.2, 0.25) is 11.8 Å². The van der Waals surface area contributed by atoms with E-state index in [1.54, 1.807) is 0 Å². The van der Waals surface area contributed by atoms with Gasteiger partial charge < -0.3 is 18.0 Å². The Labute approximate surface area is 365 Å². The molecule has 14 rings (SSSR count). The summed E-state index contributed by atoms with van der Waals surface area (Å²) in [6.45, 7) is 0. The highest BCUT2D eigenvalue weighted by atomic mass is 16.4. The summed E-state index contributed by atoms with van der Waals surface area (Å²) in [7, 11) is 0. The molecule has 0 fully saturated rings. The van der Waals surface area contributed by atoms with Crippen molar-refractivity contribution < 1.29 is 8.83 Å². The number of oxazole rings is 2. The molecule has 0 saturated carbocycles. The van der Waals surface area contributed by atoms with E-state index in [2.05, 4.69) is 191 Å². The molecule has 14 aromatic rings. The number of fused-ring (bicyclic) bond motifs is 12. The van der Waals surface area contributed by atoms with E-state index in [9.17, 15) is 0 Å². The third-order valence-electron chi connectivity index (χ3n) is 13.0. The monoisotopic (exact) mass is 818 g/mol. The second-order valence-electron chi connectivity index (χ2n) is 16.5. The molecule has 64 heavy (non-hydrogen) atoms. The molecule has 4 heterocycles. The molecule has 0 aliphatic carbocycles. The number of benzene rings is 10. The first-order valence-corrected chi connectivity index (χ1v) is 21.6. The summed E-state index contributed by atoms with van der Waals surface area (Å²) in [5.74, 6) is 1.12. The van der Waals surface area contributed by atoms with E-state index < -0.39 is 0 Å². The van der Waals surface area contributed by atoms with Gasteiger partial charge >= 0.3 is 0 Å². The van der Waals surface area contributed by atoms with E-state index in [4.69, 9.17) is 18.8 Å². The van der Waals surface area contributed by atoms with Crippen LogP contribution in [0.25, 0.3) is 133 Å². The van der Waals surface area contributed by atoms with Crippen LogP contribution < -0.4 is 0 Å². The number of para-hydroxylation sites is 4.